The molecule has 1 N–H and O–H groups in total. The van der Waals surface area contributed by atoms with Gasteiger partial charge in [-0.2, -0.15) is 0 Å². The first-order valence-electron chi connectivity index (χ1n) is 7.66. The van der Waals surface area contributed by atoms with Crippen molar-refractivity contribution in [2.45, 2.75) is 6.54 Å². The van der Waals surface area contributed by atoms with Crippen LogP contribution >= 0.6 is 0 Å². The van der Waals surface area contributed by atoms with Crippen LogP contribution in [0.1, 0.15) is 11.3 Å². The summed E-state index contributed by atoms with van der Waals surface area (Å²) < 4.78 is 6.73. The Bertz CT molecular complexity index is 857. The van der Waals surface area contributed by atoms with E-state index >= 15 is 0 Å². The van der Waals surface area contributed by atoms with Crippen molar-refractivity contribution < 1.29 is 9.53 Å². The predicted molar refractivity (Wildman–Crippen MR) is 93.0 cm³/mol. The first-order chi connectivity index (χ1) is 12.2. The lowest BCUT2D eigenvalue weighted by molar-refractivity contribution is -0.116. The molecule has 0 bridgehead atoms. The minimum Gasteiger partial charge on any atom is -0.497 e. The molecule has 0 aliphatic carbocycles. The van der Waals surface area contributed by atoms with Gasteiger partial charge in [0, 0.05) is 18.5 Å². The maximum absolute atomic E-state index is 11.9. The largest absolute Gasteiger partial charge is 0.497 e. The van der Waals surface area contributed by atoms with Gasteiger partial charge in [-0.3, -0.25) is 9.78 Å². The van der Waals surface area contributed by atoms with Gasteiger partial charge in [-0.15, -0.1) is 5.10 Å². The van der Waals surface area contributed by atoms with Gasteiger partial charge in [-0.1, -0.05) is 17.3 Å². The van der Waals surface area contributed by atoms with E-state index in [1.54, 1.807) is 36.5 Å². The number of nitrogens with zero attached hydrogens (tertiary/aromatic N) is 4. The fourth-order valence-electron chi connectivity index (χ4n) is 2.13. The van der Waals surface area contributed by atoms with Gasteiger partial charge in [-0.25, -0.2) is 4.68 Å². The molecule has 0 atom stereocenters. The summed E-state index contributed by atoms with van der Waals surface area (Å²) in [6, 6.07) is 11.1. The van der Waals surface area contributed by atoms with E-state index in [2.05, 4.69) is 20.6 Å². The number of aromatic nitrogens is 4. The number of ether oxygens (including phenoxy) is 1. The number of carbonyl (C=O) groups excluding carboxylic acids is 1. The van der Waals surface area contributed by atoms with Crippen molar-refractivity contribution in [3.8, 4) is 11.4 Å². The molecule has 2 heterocycles. The molecular formula is C18H17N5O2. The Morgan fingerprint density at radius 2 is 1.96 bits per heavy atom. The van der Waals surface area contributed by atoms with E-state index in [1.807, 2.05) is 36.4 Å². The fraction of sp³-hybridized carbons (Fsp3) is 0.111. The number of hydrogen-bond acceptors (Lipinski definition) is 5. The molecule has 0 fully saturated rings. The lowest BCUT2D eigenvalue weighted by Gasteiger charge is -2.00. The highest BCUT2D eigenvalue weighted by molar-refractivity contribution is 5.91. The zero-order valence-electron chi connectivity index (χ0n) is 13.7. The number of hydrogen-bond donors (Lipinski definition) is 1. The molecule has 0 saturated carbocycles. The second kappa shape index (κ2) is 7.87. The van der Waals surface area contributed by atoms with Gasteiger partial charge in [0.1, 0.15) is 11.4 Å². The molecular weight excluding hydrogens is 318 g/mol. The molecule has 3 rings (SSSR count). The van der Waals surface area contributed by atoms with Crippen LogP contribution in [0.3, 0.4) is 0 Å². The van der Waals surface area contributed by atoms with Gasteiger partial charge < -0.3 is 10.1 Å². The van der Waals surface area contributed by atoms with Crippen molar-refractivity contribution in [1.29, 1.82) is 0 Å². The summed E-state index contributed by atoms with van der Waals surface area (Å²) >= 11 is 0. The van der Waals surface area contributed by atoms with Gasteiger partial charge in [0.05, 0.1) is 25.5 Å². The van der Waals surface area contributed by atoms with Crippen molar-refractivity contribution in [3.63, 3.8) is 0 Å². The van der Waals surface area contributed by atoms with Crippen LogP contribution < -0.4 is 10.1 Å². The monoisotopic (exact) mass is 335 g/mol. The van der Waals surface area contributed by atoms with Crippen molar-refractivity contribution in [2.24, 2.45) is 0 Å². The highest BCUT2D eigenvalue weighted by Crippen LogP contribution is 2.12. The predicted octanol–water partition coefficient (Wildman–Crippen LogP) is 2.00. The Kier molecular flexibility index (Phi) is 5.16. The van der Waals surface area contributed by atoms with Crippen molar-refractivity contribution in [3.05, 3.63) is 72.3 Å². The molecule has 126 valence electrons. The van der Waals surface area contributed by atoms with Crippen LogP contribution in [0.5, 0.6) is 5.75 Å². The summed E-state index contributed by atoms with van der Waals surface area (Å²) in [7, 11) is 1.61. The molecule has 3 aromatic rings. The van der Waals surface area contributed by atoms with E-state index in [1.165, 1.54) is 6.08 Å². The van der Waals surface area contributed by atoms with Crippen LogP contribution in [0.4, 0.5) is 0 Å². The average Bonchev–Trinajstić information content (AvgIpc) is 3.15. The lowest BCUT2D eigenvalue weighted by atomic mass is 10.2. The minimum absolute atomic E-state index is 0.200. The van der Waals surface area contributed by atoms with Crippen LogP contribution in [0, 0.1) is 0 Å². The van der Waals surface area contributed by atoms with E-state index in [-0.39, 0.29) is 5.91 Å². The normalized spacial score (nSPS) is 10.8. The topological polar surface area (TPSA) is 81.9 Å². The second-order valence-electron chi connectivity index (χ2n) is 5.18. The molecule has 0 spiro atoms. The molecule has 0 unspecified atom stereocenters. The van der Waals surface area contributed by atoms with E-state index in [0.29, 0.717) is 12.2 Å². The average molecular weight is 335 g/mol. The summed E-state index contributed by atoms with van der Waals surface area (Å²) in [5, 5.41) is 10.9. The molecule has 0 aliphatic rings. The molecule has 0 saturated heterocycles. The van der Waals surface area contributed by atoms with Crippen LogP contribution in [0.2, 0.25) is 0 Å². The molecule has 7 nitrogen and oxygen atoms in total. The van der Waals surface area contributed by atoms with Gasteiger partial charge in [-0.05, 0) is 35.9 Å². The highest BCUT2D eigenvalue weighted by atomic mass is 16.5. The lowest BCUT2D eigenvalue weighted by Crippen LogP contribution is -2.20. The van der Waals surface area contributed by atoms with E-state index in [4.69, 9.17) is 4.74 Å². The van der Waals surface area contributed by atoms with Gasteiger partial charge >= 0.3 is 0 Å². The molecule has 25 heavy (non-hydrogen) atoms. The quantitative estimate of drug-likeness (QED) is 0.697. The summed E-state index contributed by atoms with van der Waals surface area (Å²) in [5.74, 6) is 0.577. The van der Waals surface area contributed by atoms with E-state index in [0.717, 1.165) is 17.0 Å². The van der Waals surface area contributed by atoms with Gasteiger partial charge in [0.2, 0.25) is 5.91 Å². The number of pyridine rings is 1. The standard InChI is InChI=1S/C18H17N5O2/c1-25-17-5-2-14(3-6-17)4-7-18(24)20-12-15-13-23(22-21-15)16-8-10-19-11-9-16/h2-11,13H,12H2,1H3,(H,20,24)/b7-4+. The number of rotatable bonds is 6. The maximum Gasteiger partial charge on any atom is 0.244 e. The summed E-state index contributed by atoms with van der Waals surface area (Å²) in [5.41, 5.74) is 2.45. The molecule has 1 amide bonds. The van der Waals surface area contributed by atoms with Crippen LogP contribution in [-0.4, -0.2) is 33.0 Å². The summed E-state index contributed by atoms with van der Waals surface area (Å²) in [6.45, 7) is 0.302. The third kappa shape index (κ3) is 4.51. The minimum atomic E-state index is -0.200. The third-order valence-electron chi connectivity index (χ3n) is 3.45. The number of carbonyl (C=O) groups is 1. The SMILES string of the molecule is COc1ccc(/C=C/C(=O)NCc2cn(-c3ccncc3)nn2)cc1. The second-order valence-corrected chi connectivity index (χ2v) is 5.18. The Labute approximate surface area is 145 Å². The Hall–Kier alpha value is -3.48. The number of nitrogens with one attached hydrogen (secondary N) is 1. The Balaban J connectivity index is 1.53. The summed E-state index contributed by atoms with van der Waals surface area (Å²) in [6.07, 6.45) is 8.35. The van der Waals surface area contributed by atoms with Crippen molar-refractivity contribution >= 4 is 12.0 Å². The first kappa shape index (κ1) is 16.4. The zero-order valence-corrected chi connectivity index (χ0v) is 13.7. The van der Waals surface area contributed by atoms with E-state index < -0.39 is 0 Å². The third-order valence-corrected chi connectivity index (χ3v) is 3.45. The number of methoxy groups -OCH3 is 1. The van der Waals surface area contributed by atoms with Crippen LogP contribution in [-0.2, 0) is 11.3 Å². The van der Waals surface area contributed by atoms with Gasteiger partial charge in [0.15, 0.2) is 0 Å². The smallest absolute Gasteiger partial charge is 0.244 e. The Morgan fingerprint density at radius 1 is 1.20 bits per heavy atom. The molecule has 7 heteroatoms. The number of benzene rings is 1. The van der Waals surface area contributed by atoms with Gasteiger partial charge in [0.25, 0.3) is 0 Å². The number of amides is 1. The van der Waals surface area contributed by atoms with Crippen molar-refractivity contribution in [2.75, 3.05) is 7.11 Å². The molecule has 0 aliphatic heterocycles. The Morgan fingerprint density at radius 3 is 2.68 bits per heavy atom. The molecule has 0 radical (unpaired) electrons. The van der Waals surface area contributed by atoms with Crippen LogP contribution in [0.25, 0.3) is 11.8 Å². The molecule has 2 aromatic heterocycles. The highest BCUT2D eigenvalue weighted by Gasteiger charge is 2.04. The maximum atomic E-state index is 11.9. The summed E-state index contributed by atoms with van der Waals surface area (Å²) in [4.78, 5) is 15.9. The zero-order chi connectivity index (χ0) is 17.5. The van der Waals surface area contributed by atoms with Crippen LogP contribution in [0.15, 0.2) is 61.1 Å². The van der Waals surface area contributed by atoms with Crippen molar-refractivity contribution in [1.82, 2.24) is 25.3 Å². The van der Waals surface area contributed by atoms with E-state index in [9.17, 15) is 4.79 Å². The first-order valence-corrected chi connectivity index (χ1v) is 7.66. The molecule has 1 aromatic carbocycles. The fourth-order valence-corrected chi connectivity index (χ4v) is 2.13.